The van der Waals surface area contributed by atoms with E-state index in [1.807, 2.05) is 35.5 Å². The maximum atomic E-state index is 11.0. The van der Waals surface area contributed by atoms with Gasteiger partial charge >= 0.3 is 0 Å². The smallest absolute Gasteiger partial charge is 0.283 e. The van der Waals surface area contributed by atoms with Gasteiger partial charge in [0.1, 0.15) is 0 Å². The molecule has 1 amide bonds. The lowest BCUT2D eigenvalue weighted by Gasteiger charge is -2.33. The van der Waals surface area contributed by atoms with Gasteiger partial charge in [-0.2, -0.15) is 0 Å². The fourth-order valence-electron chi connectivity index (χ4n) is 1.42. The Hall–Kier alpha value is 0.185. The number of amides is 1. The number of rotatable bonds is 3. The molecule has 13 heavy (non-hydrogen) atoms. The number of nitrogens with one attached hydrogen (secondary N) is 1. The third-order valence-electron chi connectivity index (χ3n) is 2.30. The minimum absolute atomic E-state index is 0.172. The van der Waals surface area contributed by atoms with Gasteiger partial charge in [-0.1, -0.05) is 0 Å². The molecule has 4 nitrogen and oxygen atoms in total. The molecule has 0 radical (unpaired) electrons. The largest absolute Gasteiger partial charge is 0.361 e. The Morgan fingerprint density at radius 1 is 1.38 bits per heavy atom. The van der Waals surface area contributed by atoms with Crippen molar-refractivity contribution in [1.82, 2.24) is 15.0 Å². The van der Waals surface area contributed by atoms with E-state index in [1.165, 1.54) is 0 Å². The van der Waals surface area contributed by atoms with Crippen LogP contribution < -0.4 is 5.23 Å². The Morgan fingerprint density at radius 3 is 2.46 bits per heavy atom. The van der Waals surface area contributed by atoms with Gasteiger partial charge in [0.15, 0.2) is 7.98 Å². The summed E-state index contributed by atoms with van der Waals surface area (Å²) in [5, 5.41) is 3.13. The number of hydrogen-bond donors (Lipinski definition) is 1. The summed E-state index contributed by atoms with van der Waals surface area (Å²) in [6.07, 6.45) is 0. The molecule has 74 valence electrons. The summed E-state index contributed by atoms with van der Waals surface area (Å²) in [4.78, 5) is 15.3. The van der Waals surface area contributed by atoms with Crippen LogP contribution in [-0.4, -0.2) is 61.0 Å². The van der Waals surface area contributed by atoms with Crippen LogP contribution in [0.1, 0.15) is 0 Å². The van der Waals surface area contributed by atoms with Crippen LogP contribution in [-0.2, 0) is 0 Å². The Balaban J connectivity index is 2.18. The quantitative estimate of drug-likeness (QED) is 0.324. The summed E-state index contributed by atoms with van der Waals surface area (Å²) < 4.78 is 0.172. The number of halogens is 1. The highest BCUT2D eigenvalue weighted by Crippen LogP contribution is 2.05. The predicted octanol–water partition coefficient (Wildman–Crippen LogP) is -0.703. The van der Waals surface area contributed by atoms with E-state index in [9.17, 15) is 4.79 Å². The van der Waals surface area contributed by atoms with Crippen LogP contribution in [0.3, 0.4) is 0 Å². The summed E-state index contributed by atoms with van der Waals surface area (Å²) in [6, 6.07) is 0. The second kappa shape index (κ2) is 5.82. The lowest BCUT2D eigenvalue weighted by atomic mass is 10.3. The fraction of sp³-hybridized carbons (Fsp3) is 0.857. The molecule has 0 atom stereocenters. The van der Waals surface area contributed by atoms with Crippen LogP contribution in [0.15, 0.2) is 0 Å². The van der Waals surface area contributed by atoms with Crippen molar-refractivity contribution in [3.8, 4) is 0 Å². The van der Waals surface area contributed by atoms with Gasteiger partial charge in [0.05, 0.1) is 0 Å². The van der Waals surface area contributed by atoms with Gasteiger partial charge in [0, 0.05) is 55.3 Å². The monoisotopic (exact) mass is 295 g/mol. The molecule has 0 saturated carbocycles. The van der Waals surface area contributed by atoms with Gasteiger partial charge in [0.25, 0.3) is 3.91 Å². The first-order valence-corrected chi connectivity index (χ1v) is 5.63. The van der Waals surface area contributed by atoms with Crippen molar-refractivity contribution < 1.29 is 4.79 Å². The molecule has 0 bridgehead atoms. The summed E-state index contributed by atoms with van der Waals surface area (Å²) in [6.45, 7) is 5.89. The van der Waals surface area contributed by atoms with Gasteiger partial charge in [-0.25, -0.2) is 0 Å². The van der Waals surface area contributed by atoms with Gasteiger partial charge in [-0.15, -0.1) is 0 Å². The van der Waals surface area contributed by atoms with Crippen LogP contribution in [0.25, 0.3) is 0 Å². The summed E-state index contributed by atoms with van der Waals surface area (Å²) in [5.41, 5.74) is 0. The molecule has 0 aromatic heterocycles. The summed E-state index contributed by atoms with van der Waals surface area (Å²) in [7, 11) is 1.96. The highest BCUT2D eigenvalue weighted by atomic mass is 127. The second-order valence-corrected chi connectivity index (χ2v) is 4.11. The number of piperazine rings is 1. The van der Waals surface area contributed by atoms with Crippen molar-refractivity contribution in [2.75, 3.05) is 39.3 Å². The molecule has 6 heteroatoms. The molecule has 1 heterocycles. The molecule has 1 aliphatic heterocycles. The van der Waals surface area contributed by atoms with Crippen LogP contribution in [0.4, 0.5) is 4.79 Å². The zero-order valence-electron chi connectivity index (χ0n) is 7.92. The maximum Gasteiger partial charge on any atom is 0.283 e. The van der Waals surface area contributed by atoms with E-state index < -0.39 is 0 Å². The Bertz CT molecular complexity index is 173. The lowest BCUT2D eigenvalue weighted by Crippen LogP contribution is -2.48. The van der Waals surface area contributed by atoms with Crippen molar-refractivity contribution in [2.45, 2.75) is 0 Å². The third-order valence-corrected chi connectivity index (χ3v) is 2.98. The Labute approximate surface area is 93.6 Å². The first-order chi connectivity index (χ1) is 6.24. The minimum Gasteiger partial charge on any atom is -0.361 e. The predicted molar refractivity (Wildman–Crippen MR) is 64.0 cm³/mol. The van der Waals surface area contributed by atoms with Crippen molar-refractivity contribution in [2.24, 2.45) is 0 Å². The van der Waals surface area contributed by atoms with Gasteiger partial charge in [-0.05, 0) is 6.54 Å². The molecule has 1 aliphatic rings. The molecule has 0 unspecified atom stereocenters. The zero-order chi connectivity index (χ0) is 9.68. The topological polar surface area (TPSA) is 35.6 Å². The van der Waals surface area contributed by atoms with Crippen LogP contribution in [0, 0.1) is 0 Å². The summed E-state index contributed by atoms with van der Waals surface area (Å²) in [5.74, 6) is 0. The SMILES string of the molecule is BNCCN1CCN(C(=O)I)CC1. The molecule has 0 aromatic carbocycles. The first-order valence-electron chi connectivity index (χ1n) is 4.55. The molecule has 0 aromatic rings. The number of hydrogen-bond acceptors (Lipinski definition) is 3. The molecule has 1 N–H and O–H groups in total. The van der Waals surface area contributed by atoms with Gasteiger partial charge in [0.2, 0.25) is 0 Å². The summed E-state index contributed by atoms with van der Waals surface area (Å²) >= 11 is 1.85. The van der Waals surface area contributed by atoms with Crippen molar-refractivity contribution in [3.05, 3.63) is 0 Å². The number of nitrogens with zero attached hydrogens (tertiary/aromatic N) is 2. The fourth-order valence-corrected chi connectivity index (χ4v) is 1.90. The molecule has 1 fully saturated rings. The van der Waals surface area contributed by atoms with E-state index in [1.54, 1.807) is 0 Å². The van der Waals surface area contributed by atoms with Gasteiger partial charge < -0.3 is 10.1 Å². The minimum atomic E-state index is 0.172. The van der Waals surface area contributed by atoms with E-state index in [4.69, 9.17) is 0 Å². The third kappa shape index (κ3) is 3.82. The van der Waals surface area contributed by atoms with Crippen LogP contribution >= 0.6 is 22.6 Å². The Morgan fingerprint density at radius 2 is 2.00 bits per heavy atom. The molecular weight excluding hydrogens is 280 g/mol. The molecular formula is C7H15BIN3O. The van der Waals surface area contributed by atoms with E-state index in [2.05, 4.69) is 10.1 Å². The lowest BCUT2D eigenvalue weighted by molar-refractivity contribution is 0.157. The highest BCUT2D eigenvalue weighted by molar-refractivity contribution is 14.1. The Kier molecular flexibility index (Phi) is 5.04. The average Bonchev–Trinajstić information content (AvgIpc) is 2.15. The zero-order valence-corrected chi connectivity index (χ0v) is 10.1. The molecule has 1 rings (SSSR count). The second-order valence-electron chi connectivity index (χ2n) is 3.19. The van der Waals surface area contributed by atoms with Crippen molar-refractivity contribution in [1.29, 1.82) is 0 Å². The van der Waals surface area contributed by atoms with Crippen molar-refractivity contribution in [3.63, 3.8) is 0 Å². The standard InChI is InChI=1S/C7H15BIN3O/c8-10-1-2-11-3-5-12(6-4-11)7(9)13/h10H,1-6,8H2. The molecule has 0 spiro atoms. The normalized spacial score (nSPS) is 19.0. The maximum absolute atomic E-state index is 11.0. The van der Waals surface area contributed by atoms with Crippen molar-refractivity contribution >= 4 is 34.5 Å². The highest BCUT2D eigenvalue weighted by Gasteiger charge is 2.18. The van der Waals surface area contributed by atoms with Gasteiger partial charge in [-0.3, -0.25) is 9.69 Å². The number of carbonyl (C=O) groups is 1. The van der Waals surface area contributed by atoms with Crippen LogP contribution in [0.2, 0.25) is 0 Å². The molecule has 1 saturated heterocycles. The van der Waals surface area contributed by atoms with E-state index in [0.29, 0.717) is 0 Å². The number of carbonyl (C=O) groups excluding carboxylic acids is 1. The first kappa shape index (κ1) is 11.3. The van der Waals surface area contributed by atoms with E-state index in [0.717, 1.165) is 39.3 Å². The van der Waals surface area contributed by atoms with Crippen LogP contribution in [0.5, 0.6) is 0 Å². The average molecular weight is 295 g/mol. The van der Waals surface area contributed by atoms with E-state index >= 15 is 0 Å². The molecule has 0 aliphatic carbocycles. The van der Waals surface area contributed by atoms with E-state index in [-0.39, 0.29) is 3.91 Å².